The van der Waals surface area contributed by atoms with Crippen molar-refractivity contribution in [2.75, 3.05) is 25.0 Å². The van der Waals surface area contributed by atoms with Gasteiger partial charge in [-0.3, -0.25) is 14.4 Å². The summed E-state index contributed by atoms with van der Waals surface area (Å²) in [5.74, 6) is -1.92. The standard InChI is InChI=1S/C27H38BrN3O5/c1-4-12-29-24(33)19-20-26(35)31(13-7-5-6-8-14-32)23(27(20)15-18(28)22(19)36-27)25(34)30-21-16(2)10-9-11-17(21)3/h9-11,18-20,22-23,32H,4-8,12-15H2,1-3H3,(H,29,33)(H,30,34)/t18?,19-,20-,22-,23?,27?/m0/s1. The number of carbonyl (C=O) groups is 3. The Morgan fingerprint density at radius 1 is 1.17 bits per heavy atom. The van der Waals surface area contributed by atoms with Crippen LogP contribution in [-0.2, 0) is 19.1 Å². The molecule has 1 aromatic rings. The quantitative estimate of drug-likeness (QED) is 0.283. The summed E-state index contributed by atoms with van der Waals surface area (Å²) < 4.78 is 6.52. The zero-order valence-corrected chi connectivity index (χ0v) is 23.0. The van der Waals surface area contributed by atoms with Gasteiger partial charge in [-0.05, 0) is 50.7 Å². The molecule has 3 fully saturated rings. The third kappa shape index (κ3) is 4.70. The lowest BCUT2D eigenvalue weighted by molar-refractivity contribution is -0.140. The molecule has 9 heteroatoms. The molecule has 3 aliphatic heterocycles. The highest BCUT2D eigenvalue weighted by Crippen LogP contribution is 2.60. The minimum atomic E-state index is -1.05. The largest absolute Gasteiger partial charge is 0.396 e. The first-order valence-corrected chi connectivity index (χ1v) is 14.1. The molecule has 0 aromatic heterocycles. The summed E-state index contributed by atoms with van der Waals surface area (Å²) in [4.78, 5) is 42.6. The molecule has 3 saturated heterocycles. The Bertz CT molecular complexity index is 983. The van der Waals surface area contributed by atoms with Gasteiger partial charge in [-0.15, -0.1) is 0 Å². The highest BCUT2D eigenvalue weighted by molar-refractivity contribution is 9.09. The molecule has 3 heterocycles. The number of hydrogen-bond acceptors (Lipinski definition) is 5. The Morgan fingerprint density at radius 3 is 2.53 bits per heavy atom. The zero-order chi connectivity index (χ0) is 26.0. The van der Waals surface area contributed by atoms with E-state index in [4.69, 9.17) is 9.84 Å². The van der Waals surface area contributed by atoms with Gasteiger partial charge in [0.15, 0.2) is 0 Å². The number of para-hydroxylation sites is 1. The highest BCUT2D eigenvalue weighted by Gasteiger charge is 2.76. The number of aliphatic hydroxyl groups is 1. The second kappa shape index (κ2) is 11.2. The number of ether oxygens (including phenoxy) is 1. The number of carbonyl (C=O) groups excluding carboxylic acids is 3. The van der Waals surface area contributed by atoms with E-state index < -0.39 is 29.6 Å². The van der Waals surface area contributed by atoms with E-state index in [9.17, 15) is 14.4 Å². The summed E-state index contributed by atoms with van der Waals surface area (Å²) in [7, 11) is 0. The molecular weight excluding hydrogens is 526 g/mol. The van der Waals surface area contributed by atoms with Gasteiger partial charge in [-0.1, -0.05) is 53.9 Å². The topological polar surface area (TPSA) is 108 Å². The molecule has 1 spiro atoms. The van der Waals surface area contributed by atoms with Gasteiger partial charge in [0.1, 0.15) is 11.6 Å². The number of unbranched alkanes of at least 4 members (excludes halogenated alkanes) is 3. The number of amides is 3. The van der Waals surface area contributed by atoms with Gasteiger partial charge in [0.05, 0.1) is 17.9 Å². The van der Waals surface area contributed by atoms with E-state index >= 15 is 0 Å². The van der Waals surface area contributed by atoms with Crippen LogP contribution in [0.2, 0.25) is 0 Å². The number of hydrogen-bond donors (Lipinski definition) is 3. The Hall–Kier alpha value is -1.97. The van der Waals surface area contributed by atoms with E-state index in [1.807, 2.05) is 39.0 Å². The molecule has 8 nitrogen and oxygen atoms in total. The summed E-state index contributed by atoms with van der Waals surface area (Å²) in [5, 5.41) is 15.1. The molecule has 2 bridgehead atoms. The normalized spacial score (nSPS) is 30.5. The monoisotopic (exact) mass is 563 g/mol. The van der Waals surface area contributed by atoms with Crippen molar-refractivity contribution in [3.05, 3.63) is 29.3 Å². The molecule has 4 rings (SSSR count). The van der Waals surface area contributed by atoms with Crippen molar-refractivity contribution in [3.63, 3.8) is 0 Å². The van der Waals surface area contributed by atoms with Crippen molar-refractivity contribution >= 4 is 39.3 Å². The third-order valence-corrected chi connectivity index (χ3v) is 8.77. The van der Waals surface area contributed by atoms with Gasteiger partial charge in [0, 0.05) is 30.2 Å². The van der Waals surface area contributed by atoms with E-state index in [2.05, 4.69) is 26.6 Å². The number of fused-ring (bicyclic) bond motifs is 1. The minimum absolute atomic E-state index is 0.112. The first-order valence-electron chi connectivity index (χ1n) is 13.1. The van der Waals surface area contributed by atoms with Gasteiger partial charge < -0.3 is 25.4 Å². The third-order valence-electron chi connectivity index (χ3n) is 7.93. The van der Waals surface area contributed by atoms with Gasteiger partial charge in [0.2, 0.25) is 17.7 Å². The number of rotatable bonds is 11. The zero-order valence-electron chi connectivity index (χ0n) is 21.4. The number of anilines is 1. The second-order valence-corrected chi connectivity index (χ2v) is 11.6. The lowest BCUT2D eigenvalue weighted by Gasteiger charge is -2.34. The number of likely N-dealkylation sites (tertiary alicyclic amines) is 1. The average molecular weight is 565 g/mol. The molecule has 0 saturated carbocycles. The van der Waals surface area contributed by atoms with Gasteiger partial charge in [-0.2, -0.15) is 0 Å². The van der Waals surface area contributed by atoms with Crippen molar-refractivity contribution < 1.29 is 24.2 Å². The molecule has 3 amide bonds. The van der Waals surface area contributed by atoms with E-state index in [1.54, 1.807) is 4.90 Å². The van der Waals surface area contributed by atoms with Crippen LogP contribution in [0.1, 0.15) is 56.6 Å². The fourth-order valence-electron chi connectivity index (χ4n) is 6.29. The van der Waals surface area contributed by atoms with Crippen molar-refractivity contribution in [2.45, 2.75) is 81.9 Å². The van der Waals surface area contributed by atoms with Crippen molar-refractivity contribution in [2.24, 2.45) is 11.8 Å². The van der Waals surface area contributed by atoms with Crippen LogP contribution in [0.5, 0.6) is 0 Å². The van der Waals surface area contributed by atoms with Crippen molar-refractivity contribution in [3.8, 4) is 0 Å². The highest BCUT2D eigenvalue weighted by atomic mass is 79.9. The maximum absolute atomic E-state index is 14.0. The number of halogens is 1. The van der Waals surface area contributed by atoms with Crippen LogP contribution in [0.15, 0.2) is 18.2 Å². The number of aliphatic hydroxyl groups excluding tert-OH is 1. The summed E-state index contributed by atoms with van der Waals surface area (Å²) in [5.41, 5.74) is 1.60. The molecule has 3 unspecified atom stereocenters. The van der Waals surface area contributed by atoms with Crippen LogP contribution in [0.25, 0.3) is 0 Å². The summed E-state index contributed by atoms with van der Waals surface area (Å²) in [6, 6.07) is 5.02. The molecule has 6 atom stereocenters. The molecular formula is C27H38BrN3O5. The molecule has 3 aliphatic rings. The average Bonchev–Trinajstić information content (AvgIpc) is 3.43. The maximum atomic E-state index is 14.0. The second-order valence-electron chi connectivity index (χ2n) is 10.4. The first kappa shape index (κ1) is 27.1. The van der Waals surface area contributed by atoms with E-state index in [0.717, 1.165) is 42.5 Å². The Morgan fingerprint density at radius 2 is 1.86 bits per heavy atom. The Kier molecular flexibility index (Phi) is 8.42. The smallest absolute Gasteiger partial charge is 0.250 e. The lowest BCUT2D eigenvalue weighted by Crippen LogP contribution is -2.54. The van der Waals surface area contributed by atoms with E-state index in [1.165, 1.54) is 0 Å². The van der Waals surface area contributed by atoms with Crippen molar-refractivity contribution in [1.82, 2.24) is 10.2 Å². The molecule has 1 aromatic carbocycles. The molecule has 198 valence electrons. The number of alkyl halides is 1. The molecule has 0 aliphatic carbocycles. The summed E-state index contributed by atoms with van der Waals surface area (Å²) in [6.45, 7) is 6.97. The molecule has 3 N–H and O–H groups in total. The first-order chi connectivity index (χ1) is 17.3. The number of nitrogens with zero attached hydrogens (tertiary/aromatic N) is 1. The fraction of sp³-hybridized carbons (Fsp3) is 0.667. The van der Waals surface area contributed by atoms with Gasteiger partial charge in [0.25, 0.3) is 0 Å². The van der Waals surface area contributed by atoms with Crippen LogP contribution in [-0.4, -0.2) is 70.0 Å². The van der Waals surface area contributed by atoms with Crippen LogP contribution >= 0.6 is 15.9 Å². The van der Waals surface area contributed by atoms with E-state index in [0.29, 0.717) is 25.9 Å². The summed E-state index contributed by atoms with van der Waals surface area (Å²) in [6.07, 6.45) is 3.98. The predicted molar refractivity (Wildman–Crippen MR) is 141 cm³/mol. The minimum Gasteiger partial charge on any atom is -0.396 e. The van der Waals surface area contributed by atoms with E-state index in [-0.39, 0.29) is 29.2 Å². The Balaban J connectivity index is 1.66. The number of aryl methyl sites for hydroxylation is 2. The maximum Gasteiger partial charge on any atom is 0.250 e. The SMILES string of the molecule is CCCNC(=O)[C@H]1[C@H]2C(=O)N(CCCCCCO)C(C(=O)Nc3c(C)cccc3C)C23CC(Br)[C@@H]1O3. The number of nitrogens with one attached hydrogen (secondary N) is 2. The lowest BCUT2D eigenvalue weighted by atomic mass is 9.70. The van der Waals surface area contributed by atoms with Gasteiger partial charge >= 0.3 is 0 Å². The van der Waals surface area contributed by atoms with Crippen LogP contribution < -0.4 is 10.6 Å². The fourth-order valence-corrected chi connectivity index (χ4v) is 7.23. The molecule has 36 heavy (non-hydrogen) atoms. The van der Waals surface area contributed by atoms with Crippen LogP contribution in [0.3, 0.4) is 0 Å². The van der Waals surface area contributed by atoms with Gasteiger partial charge in [-0.25, -0.2) is 0 Å². The predicted octanol–water partition coefficient (Wildman–Crippen LogP) is 3.07. The Labute approximate surface area is 221 Å². The summed E-state index contributed by atoms with van der Waals surface area (Å²) >= 11 is 3.70. The van der Waals surface area contributed by atoms with Crippen LogP contribution in [0, 0.1) is 25.7 Å². The molecule has 0 radical (unpaired) electrons. The number of benzene rings is 1. The van der Waals surface area contributed by atoms with Crippen LogP contribution in [0.4, 0.5) is 5.69 Å². The van der Waals surface area contributed by atoms with Crippen molar-refractivity contribution in [1.29, 1.82) is 0 Å².